The van der Waals surface area contributed by atoms with E-state index in [1.807, 2.05) is 0 Å². The third-order valence-electron chi connectivity index (χ3n) is 4.80. The quantitative estimate of drug-likeness (QED) is 0.419. The maximum absolute atomic E-state index is 14.6. The van der Waals surface area contributed by atoms with Crippen LogP contribution in [0.5, 0.6) is 17.4 Å². The van der Waals surface area contributed by atoms with E-state index in [4.69, 9.17) is 26.3 Å². The number of hydrogen-bond acceptors (Lipinski definition) is 7. The van der Waals surface area contributed by atoms with Gasteiger partial charge in [0.05, 0.1) is 31.1 Å². The minimum absolute atomic E-state index is 0.0126. The molecule has 36 heavy (non-hydrogen) atoms. The molecule has 0 aliphatic heterocycles. The lowest BCUT2D eigenvalue weighted by atomic mass is 10.2. The van der Waals surface area contributed by atoms with Crippen molar-refractivity contribution in [3.05, 3.63) is 68.0 Å². The van der Waals surface area contributed by atoms with Crippen LogP contribution in [-0.2, 0) is 12.5 Å². The van der Waals surface area contributed by atoms with Crippen molar-refractivity contribution >= 4 is 11.6 Å². The molecule has 2 heterocycles. The van der Waals surface area contributed by atoms with Gasteiger partial charge < -0.3 is 9.47 Å². The zero-order chi connectivity index (χ0) is 27.0. The third kappa shape index (κ3) is 4.92. The Balaban J connectivity index is 2.26. The van der Waals surface area contributed by atoms with Gasteiger partial charge in [-0.25, -0.2) is 14.4 Å². The van der Waals surface area contributed by atoms with Crippen LogP contribution < -0.4 is 15.0 Å². The zero-order valence-electron chi connectivity index (χ0n) is 18.5. The fraction of sp³-hybridized carbons (Fsp3) is 0.286. The molecule has 3 aromatic rings. The summed E-state index contributed by atoms with van der Waals surface area (Å²) in [5, 5.41) is 8.70. The van der Waals surface area contributed by atoms with Gasteiger partial charge in [0.1, 0.15) is 11.9 Å². The molecule has 2 aromatic heterocycles. The highest BCUT2D eigenvalue weighted by atomic mass is 35.5. The van der Waals surface area contributed by atoms with Crippen molar-refractivity contribution in [2.45, 2.75) is 32.5 Å². The fourth-order valence-electron chi connectivity index (χ4n) is 3.09. The second-order valence-electron chi connectivity index (χ2n) is 7.25. The van der Waals surface area contributed by atoms with Gasteiger partial charge in [0.2, 0.25) is 11.6 Å². The van der Waals surface area contributed by atoms with Gasteiger partial charge in [0.15, 0.2) is 17.3 Å². The first-order chi connectivity index (χ1) is 16.7. The molecule has 0 N–H and O–H groups in total. The molecule has 0 saturated heterocycles. The van der Waals surface area contributed by atoms with Gasteiger partial charge >= 0.3 is 12.1 Å². The molecule has 3 rings (SSSR count). The standard InChI is InChI=1S/C21H14ClF6N5O3/c1-9-13(18(35-3)32-10(2)31-9)7-33-8-30-17(20(24,25)21(26,27)28)16(19(33)34)36-14-5-12(22)4-11(6-29)15(14)23/h4-5,8H,7H2,1-3H3. The van der Waals surface area contributed by atoms with Crippen LogP contribution in [0.25, 0.3) is 0 Å². The molecule has 0 aliphatic rings. The molecule has 0 fully saturated rings. The number of halogens is 7. The number of nitrogens with zero attached hydrogens (tertiary/aromatic N) is 5. The van der Waals surface area contributed by atoms with Crippen molar-refractivity contribution in [1.29, 1.82) is 5.26 Å². The van der Waals surface area contributed by atoms with Gasteiger partial charge in [-0.3, -0.25) is 9.36 Å². The van der Waals surface area contributed by atoms with Gasteiger partial charge in [-0.05, 0) is 19.9 Å². The Hall–Kier alpha value is -3.86. The van der Waals surface area contributed by atoms with Gasteiger partial charge in [0.25, 0.3) is 5.56 Å². The highest BCUT2D eigenvalue weighted by Gasteiger charge is 2.62. The molecule has 0 saturated carbocycles. The van der Waals surface area contributed by atoms with Crippen LogP contribution >= 0.6 is 11.6 Å². The van der Waals surface area contributed by atoms with E-state index in [2.05, 4.69) is 15.0 Å². The smallest absolute Gasteiger partial charge is 0.459 e. The Morgan fingerprint density at radius 2 is 1.83 bits per heavy atom. The van der Waals surface area contributed by atoms with Crippen LogP contribution in [0.4, 0.5) is 26.3 Å². The maximum Gasteiger partial charge on any atom is 0.459 e. The van der Waals surface area contributed by atoms with E-state index in [1.54, 1.807) is 6.92 Å². The Bertz CT molecular complexity index is 1440. The van der Waals surface area contributed by atoms with Crippen LogP contribution in [0.1, 0.15) is 28.3 Å². The molecular formula is C21H14ClF6N5O3. The van der Waals surface area contributed by atoms with Crippen LogP contribution in [0.2, 0.25) is 5.02 Å². The van der Waals surface area contributed by atoms with E-state index in [0.29, 0.717) is 28.5 Å². The van der Waals surface area contributed by atoms with Crippen molar-refractivity contribution in [1.82, 2.24) is 19.5 Å². The normalized spacial score (nSPS) is 11.8. The molecule has 0 aliphatic carbocycles. The summed E-state index contributed by atoms with van der Waals surface area (Å²) in [5.41, 5.74) is -3.84. The summed E-state index contributed by atoms with van der Waals surface area (Å²) in [6, 6.07) is 2.98. The van der Waals surface area contributed by atoms with E-state index < -0.39 is 52.8 Å². The summed E-state index contributed by atoms with van der Waals surface area (Å²) >= 11 is 5.76. The minimum Gasteiger partial charge on any atom is -0.481 e. The van der Waals surface area contributed by atoms with Gasteiger partial charge in [-0.1, -0.05) is 11.6 Å². The first-order valence-corrected chi connectivity index (χ1v) is 10.1. The number of benzene rings is 1. The predicted molar refractivity (Wildman–Crippen MR) is 112 cm³/mol. The number of alkyl halides is 5. The molecule has 0 atom stereocenters. The molecule has 0 unspecified atom stereocenters. The Labute approximate surface area is 203 Å². The number of ether oxygens (including phenoxy) is 2. The average molecular weight is 534 g/mol. The monoisotopic (exact) mass is 533 g/mol. The second kappa shape index (κ2) is 9.65. The van der Waals surface area contributed by atoms with Crippen LogP contribution in [0, 0.1) is 31.0 Å². The molecule has 0 bridgehead atoms. The predicted octanol–water partition coefficient (Wildman–Crippen LogP) is 4.82. The molecule has 1 aromatic carbocycles. The van der Waals surface area contributed by atoms with Crippen LogP contribution in [0.3, 0.4) is 0 Å². The van der Waals surface area contributed by atoms with Crippen molar-refractivity contribution in [3.63, 3.8) is 0 Å². The van der Waals surface area contributed by atoms with Gasteiger partial charge in [-0.2, -0.15) is 32.2 Å². The van der Waals surface area contributed by atoms with E-state index in [-0.39, 0.29) is 16.5 Å². The molecular weight excluding hydrogens is 520 g/mol. The summed E-state index contributed by atoms with van der Waals surface area (Å²) in [6.45, 7) is 2.61. The minimum atomic E-state index is -6.17. The summed E-state index contributed by atoms with van der Waals surface area (Å²) < 4.78 is 93.3. The Kier molecular flexibility index (Phi) is 7.17. The highest BCUT2D eigenvalue weighted by Crippen LogP contribution is 2.46. The first kappa shape index (κ1) is 26.7. The van der Waals surface area contributed by atoms with Crippen molar-refractivity contribution in [2.75, 3.05) is 7.11 Å². The first-order valence-electron chi connectivity index (χ1n) is 9.70. The highest BCUT2D eigenvalue weighted by molar-refractivity contribution is 6.30. The van der Waals surface area contributed by atoms with Crippen molar-refractivity contribution in [2.24, 2.45) is 0 Å². The number of rotatable bonds is 6. The molecule has 0 spiro atoms. The molecule has 190 valence electrons. The number of hydrogen-bond donors (Lipinski definition) is 0. The number of nitriles is 1. The Morgan fingerprint density at radius 3 is 2.42 bits per heavy atom. The lowest BCUT2D eigenvalue weighted by Crippen LogP contribution is -2.37. The third-order valence-corrected chi connectivity index (χ3v) is 5.01. The Morgan fingerprint density at radius 1 is 1.17 bits per heavy atom. The van der Waals surface area contributed by atoms with Gasteiger partial charge in [-0.15, -0.1) is 0 Å². The van der Waals surface area contributed by atoms with Crippen molar-refractivity contribution < 1.29 is 35.8 Å². The number of aromatic nitrogens is 4. The van der Waals surface area contributed by atoms with E-state index >= 15 is 0 Å². The molecule has 15 heteroatoms. The molecule has 0 amide bonds. The fourth-order valence-corrected chi connectivity index (χ4v) is 3.30. The van der Waals surface area contributed by atoms with Crippen LogP contribution in [-0.4, -0.2) is 32.8 Å². The summed E-state index contributed by atoms with van der Waals surface area (Å²) in [7, 11) is 1.27. The molecule has 8 nitrogen and oxygen atoms in total. The lowest BCUT2D eigenvalue weighted by molar-refractivity contribution is -0.291. The topological polar surface area (TPSA) is 103 Å². The van der Waals surface area contributed by atoms with Crippen molar-refractivity contribution in [3.8, 4) is 23.4 Å². The summed E-state index contributed by atoms with van der Waals surface area (Å²) in [4.78, 5) is 24.4. The van der Waals surface area contributed by atoms with Gasteiger partial charge in [0, 0.05) is 16.8 Å². The largest absolute Gasteiger partial charge is 0.481 e. The van der Waals surface area contributed by atoms with E-state index in [9.17, 15) is 31.1 Å². The lowest BCUT2D eigenvalue weighted by Gasteiger charge is -2.22. The summed E-state index contributed by atoms with van der Waals surface area (Å²) in [5.74, 6) is -9.45. The molecule has 0 radical (unpaired) electrons. The second-order valence-corrected chi connectivity index (χ2v) is 7.69. The van der Waals surface area contributed by atoms with E-state index in [1.165, 1.54) is 20.1 Å². The zero-order valence-corrected chi connectivity index (χ0v) is 19.3. The number of aryl methyl sites for hydroxylation is 2. The average Bonchev–Trinajstić information content (AvgIpc) is 2.78. The number of methoxy groups -OCH3 is 1. The van der Waals surface area contributed by atoms with E-state index in [0.717, 1.165) is 6.07 Å². The SMILES string of the molecule is COc1nc(C)nc(C)c1Cn1cnc(C(F)(F)C(F)(F)F)c(Oc2cc(Cl)cc(C#N)c2F)c1=O. The maximum atomic E-state index is 14.6. The summed E-state index contributed by atoms with van der Waals surface area (Å²) in [6.07, 6.45) is -5.73. The van der Waals surface area contributed by atoms with Crippen LogP contribution in [0.15, 0.2) is 23.3 Å².